The van der Waals surface area contributed by atoms with Crippen molar-refractivity contribution in [2.24, 2.45) is 5.84 Å². The van der Waals surface area contributed by atoms with E-state index in [-0.39, 0.29) is 5.82 Å². The lowest BCUT2D eigenvalue weighted by Gasteiger charge is -2.17. The summed E-state index contributed by atoms with van der Waals surface area (Å²) in [5, 5.41) is 0. The lowest BCUT2D eigenvalue weighted by atomic mass is 10.0. The Hall–Kier alpha value is -1.98. The normalized spacial score (nSPS) is 12.2. The summed E-state index contributed by atoms with van der Waals surface area (Å²) >= 11 is 0. The zero-order valence-corrected chi connectivity index (χ0v) is 10.9. The van der Waals surface area contributed by atoms with Crippen LogP contribution in [0.2, 0.25) is 0 Å². The maximum Gasteiger partial charge on any atom is 0.132 e. The van der Waals surface area contributed by atoms with Crippen molar-refractivity contribution in [3.8, 4) is 5.75 Å². The molecule has 0 aliphatic carbocycles. The Labute approximate surface area is 111 Å². The molecule has 0 amide bonds. The van der Waals surface area contributed by atoms with Crippen LogP contribution in [-0.4, -0.2) is 12.1 Å². The number of ether oxygens (including phenoxy) is 1. The summed E-state index contributed by atoms with van der Waals surface area (Å²) in [6.07, 6.45) is 1.68. The number of halogens is 1. The summed E-state index contributed by atoms with van der Waals surface area (Å²) in [4.78, 5) is 4.23. The molecule has 1 atom stereocenters. The zero-order valence-electron chi connectivity index (χ0n) is 10.9. The number of hydrazine groups is 1. The van der Waals surface area contributed by atoms with E-state index >= 15 is 0 Å². The Morgan fingerprint density at radius 2 is 2.11 bits per heavy atom. The van der Waals surface area contributed by atoms with Crippen LogP contribution in [-0.2, 0) is 0 Å². The summed E-state index contributed by atoms with van der Waals surface area (Å²) < 4.78 is 19.0. The van der Waals surface area contributed by atoms with Crippen LogP contribution in [0.5, 0.6) is 5.75 Å². The van der Waals surface area contributed by atoms with E-state index in [1.54, 1.807) is 18.3 Å². The molecule has 1 heterocycles. The van der Waals surface area contributed by atoms with Crippen LogP contribution in [0.15, 0.2) is 36.5 Å². The van der Waals surface area contributed by atoms with Gasteiger partial charge in [-0.2, -0.15) is 0 Å². The first-order valence-electron chi connectivity index (χ1n) is 5.88. The van der Waals surface area contributed by atoms with Crippen molar-refractivity contribution in [1.82, 2.24) is 10.4 Å². The van der Waals surface area contributed by atoms with Gasteiger partial charge in [0.05, 0.1) is 18.8 Å². The number of aromatic nitrogens is 1. The van der Waals surface area contributed by atoms with Crippen LogP contribution >= 0.6 is 0 Å². The summed E-state index contributed by atoms with van der Waals surface area (Å²) in [5.41, 5.74) is 4.74. The zero-order chi connectivity index (χ0) is 13.8. The number of nitrogens with two attached hydrogens (primary N) is 1. The van der Waals surface area contributed by atoms with Gasteiger partial charge in [0.25, 0.3) is 0 Å². The van der Waals surface area contributed by atoms with Gasteiger partial charge in [-0.3, -0.25) is 10.8 Å². The highest BCUT2D eigenvalue weighted by Gasteiger charge is 2.18. The Morgan fingerprint density at radius 3 is 2.68 bits per heavy atom. The number of aryl methyl sites for hydroxylation is 1. The molecule has 0 saturated heterocycles. The number of hydrogen-bond acceptors (Lipinski definition) is 4. The van der Waals surface area contributed by atoms with Gasteiger partial charge in [-0.25, -0.2) is 9.82 Å². The van der Waals surface area contributed by atoms with E-state index in [9.17, 15) is 4.39 Å². The molecule has 0 radical (unpaired) electrons. The van der Waals surface area contributed by atoms with Crippen LogP contribution in [0.4, 0.5) is 4.39 Å². The third-order valence-corrected chi connectivity index (χ3v) is 2.92. The molecule has 19 heavy (non-hydrogen) atoms. The minimum Gasteiger partial charge on any atom is -0.497 e. The van der Waals surface area contributed by atoms with Gasteiger partial charge in [0.1, 0.15) is 11.6 Å². The number of benzene rings is 1. The largest absolute Gasteiger partial charge is 0.497 e. The highest BCUT2D eigenvalue weighted by atomic mass is 19.1. The second kappa shape index (κ2) is 5.77. The molecule has 100 valence electrons. The Kier molecular flexibility index (Phi) is 4.09. The lowest BCUT2D eigenvalue weighted by Crippen LogP contribution is -2.30. The van der Waals surface area contributed by atoms with Crippen molar-refractivity contribution in [3.05, 3.63) is 59.2 Å². The highest BCUT2D eigenvalue weighted by molar-refractivity contribution is 5.35. The van der Waals surface area contributed by atoms with E-state index in [0.29, 0.717) is 17.0 Å². The molecule has 0 aliphatic heterocycles. The number of pyridine rings is 1. The van der Waals surface area contributed by atoms with Gasteiger partial charge >= 0.3 is 0 Å². The first-order valence-corrected chi connectivity index (χ1v) is 5.88. The number of rotatable bonds is 4. The van der Waals surface area contributed by atoms with E-state index in [0.717, 1.165) is 5.56 Å². The SMILES string of the molecule is COc1ccc(C(NN)c2cc(C)ccn2)c(F)c1. The molecular weight excluding hydrogens is 245 g/mol. The fourth-order valence-electron chi connectivity index (χ4n) is 1.92. The number of nitrogens with one attached hydrogen (secondary N) is 1. The summed E-state index contributed by atoms with van der Waals surface area (Å²) in [6, 6.07) is 7.91. The van der Waals surface area contributed by atoms with Crippen molar-refractivity contribution in [3.63, 3.8) is 0 Å². The van der Waals surface area contributed by atoms with Crippen LogP contribution in [0.1, 0.15) is 22.9 Å². The molecule has 1 aromatic heterocycles. The van der Waals surface area contributed by atoms with Crippen molar-refractivity contribution in [2.45, 2.75) is 13.0 Å². The fraction of sp³-hybridized carbons (Fsp3) is 0.214. The lowest BCUT2D eigenvalue weighted by molar-refractivity contribution is 0.410. The van der Waals surface area contributed by atoms with Gasteiger partial charge < -0.3 is 4.74 Å². The van der Waals surface area contributed by atoms with E-state index in [2.05, 4.69) is 10.4 Å². The molecule has 3 N–H and O–H groups in total. The van der Waals surface area contributed by atoms with Gasteiger partial charge in [0.15, 0.2) is 0 Å². The van der Waals surface area contributed by atoms with Gasteiger partial charge in [0.2, 0.25) is 0 Å². The van der Waals surface area contributed by atoms with E-state index in [1.165, 1.54) is 13.2 Å². The first kappa shape index (κ1) is 13.5. The predicted molar refractivity (Wildman–Crippen MR) is 71.1 cm³/mol. The Morgan fingerprint density at radius 1 is 1.32 bits per heavy atom. The minimum absolute atomic E-state index is 0.384. The van der Waals surface area contributed by atoms with Crippen molar-refractivity contribution < 1.29 is 9.13 Å². The smallest absolute Gasteiger partial charge is 0.132 e. The van der Waals surface area contributed by atoms with Crippen molar-refractivity contribution >= 4 is 0 Å². The van der Waals surface area contributed by atoms with Crippen molar-refractivity contribution in [2.75, 3.05) is 7.11 Å². The van der Waals surface area contributed by atoms with Crippen LogP contribution < -0.4 is 16.0 Å². The molecule has 1 aromatic carbocycles. The van der Waals surface area contributed by atoms with Gasteiger partial charge in [-0.1, -0.05) is 6.07 Å². The molecular formula is C14H16FN3O. The molecule has 0 fully saturated rings. The number of hydrogen-bond donors (Lipinski definition) is 2. The van der Waals surface area contributed by atoms with E-state index < -0.39 is 6.04 Å². The molecule has 2 rings (SSSR count). The second-order valence-corrected chi connectivity index (χ2v) is 4.25. The maximum absolute atomic E-state index is 14.1. The van der Waals surface area contributed by atoms with E-state index in [4.69, 9.17) is 10.6 Å². The quantitative estimate of drug-likeness (QED) is 0.653. The van der Waals surface area contributed by atoms with Gasteiger partial charge in [-0.15, -0.1) is 0 Å². The molecule has 5 heteroatoms. The monoisotopic (exact) mass is 261 g/mol. The number of methoxy groups -OCH3 is 1. The summed E-state index contributed by atoms with van der Waals surface area (Å²) in [6.45, 7) is 1.95. The third-order valence-electron chi connectivity index (χ3n) is 2.92. The molecule has 0 bridgehead atoms. The van der Waals surface area contributed by atoms with Gasteiger partial charge in [0, 0.05) is 17.8 Å². The van der Waals surface area contributed by atoms with Crippen LogP contribution in [0.3, 0.4) is 0 Å². The van der Waals surface area contributed by atoms with Gasteiger partial charge in [-0.05, 0) is 30.7 Å². The molecule has 1 unspecified atom stereocenters. The standard InChI is InChI=1S/C14H16FN3O/c1-9-5-6-17-13(7-9)14(18-16)11-4-3-10(19-2)8-12(11)15/h3-8,14,18H,16H2,1-2H3. The average Bonchev–Trinajstić information content (AvgIpc) is 2.41. The molecule has 4 nitrogen and oxygen atoms in total. The minimum atomic E-state index is -0.495. The maximum atomic E-state index is 14.1. The Balaban J connectivity index is 2.42. The molecule has 0 aliphatic rings. The van der Waals surface area contributed by atoms with Crippen LogP contribution in [0, 0.1) is 12.7 Å². The second-order valence-electron chi connectivity index (χ2n) is 4.25. The topological polar surface area (TPSA) is 60.2 Å². The van der Waals surface area contributed by atoms with E-state index in [1.807, 2.05) is 19.1 Å². The van der Waals surface area contributed by atoms with Crippen LogP contribution in [0.25, 0.3) is 0 Å². The summed E-state index contributed by atoms with van der Waals surface area (Å²) in [7, 11) is 1.50. The molecule has 2 aromatic rings. The third kappa shape index (κ3) is 2.89. The first-order chi connectivity index (χ1) is 9.15. The highest BCUT2D eigenvalue weighted by Crippen LogP contribution is 2.25. The fourth-order valence-corrected chi connectivity index (χ4v) is 1.92. The molecule has 0 saturated carbocycles. The summed E-state index contributed by atoms with van der Waals surface area (Å²) in [5.74, 6) is 5.62. The predicted octanol–water partition coefficient (Wildman–Crippen LogP) is 2.09. The van der Waals surface area contributed by atoms with Crippen molar-refractivity contribution in [1.29, 1.82) is 0 Å². The number of nitrogens with zero attached hydrogens (tertiary/aromatic N) is 1. The Bertz CT molecular complexity index is 574. The average molecular weight is 261 g/mol. The molecule has 0 spiro atoms.